The summed E-state index contributed by atoms with van der Waals surface area (Å²) in [5.41, 5.74) is 8.20. The van der Waals surface area contributed by atoms with E-state index in [0.717, 1.165) is 11.3 Å². The first kappa shape index (κ1) is 16.6. The predicted molar refractivity (Wildman–Crippen MR) is 93.3 cm³/mol. The first-order valence-corrected chi connectivity index (χ1v) is 7.79. The minimum Gasteiger partial charge on any atom is -0.485 e. The third-order valence-electron chi connectivity index (χ3n) is 3.50. The number of para-hydroxylation sites is 2. The standard InChI is InChI=1S/C19H18N2O4/c22-19(23)18-11-10-16(25-18)13-24-17-9-5-4-6-14(17)12-20-21-15-7-2-1-3-8-15/h1-11,20-21H,12-13H2,(H,22,23). The number of aromatic carboxylic acids is 1. The summed E-state index contributed by atoms with van der Waals surface area (Å²) in [6, 6.07) is 20.4. The highest BCUT2D eigenvalue weighted by Crippen LogP contribution is 2.20. The first-order valence-electron chi connectivity index (χ1n) is 7.79. The highest BCUT2D eigenvalue weighted by Gasteiger charge is 2.10. The maximum Gasteiger partial charge on any atom is 0.371 e. The van der Waals surface area contributed by atoms with Crippen LogP contribution < -0.4 is 15.6 Å². The monoisotopic (exact) mass is 338 g/mol. The summed E-state index contributed by atoms with van der Waals surface area (Å²) in [5.74, 6) is -0.0239. The van der Waals surface area contributed by atoms with Crippen molar-refractivity contribution < 1.29 is 19.1 Å². The van der Waals surface area contributed by atoms with Crippen LogP contribution in [0.3, 0.4) is 0 Å². The lowest BCUT2D eigenvalue weighted by Crippen LogP contribution is -2.21. The van der Waals surface area contributed by atoms with Crippen molar-refractivity contribution in [3.05, 3.63) is 83.8 Å². The Morgan fingerprint density at radius 1 is 1.00 bits per heavy atom. The van der Waals surface area contributed by atoms with Gasteiger partial charge in [0.25, 0.3) is 0 Å². The van der Waals surface area contributed by atoms with Crippen molar-refractivity contribution in [1.29, 1.82) is 0 Å². The van der Waals surface area contributed by atoms with Gasteiger partial charge in [0.05, 0.1) is 0 Å². The van der Waals surface area contributed by atoms with Crippen LogP contribution in [0.2, 0.25) is 0 Å². The van der Waals surface area contributed by atoms with Gasteiger partial charge in [0.1, 0.15) is 18.1 Å². The van der Waals surface area contributed by atoms with Gasteiger partial charge >= 0.3 is 5.97 Å². The average molecular weight is 338 g/mol. The van der Waals surface area contributed by atoms with Gasteiger partial charge in [-0.3, -0.25) is 0 Å². The van der Waals surface area contributed by atoms with Crippen LogP contribution in [0.15, 0.2) is 71.1 Å². The molecule has 0 aliphatic heterocycles. The second kappa shape index (κ2) is 8.03. The quantitative estimate of drug-likeness (QED) is 0.544. The third-order valence-corrected chi connectivity index (χ3v) is 3.50. The SMILES string of the molecule is O=C(O)c1ccc(COc2ccccc2CNNc2ccccc2)o1. The second-order valence-corrected chi connectivity index (χ2v) is 5.31. The number of rotatable bonds is 8. The first-order chi connectivity index (χ1) is 12.2. The van der Waals surface area contributed by atoms with Crippen molar-refractivity contribution in [2.75, 3.05) is 5.43 Å². The Morgan fingerprint density at radius 3 is 2.52 bits per heavy atom. The maximum absolute atomic E-state index is 10.8. The van der Waals surface area contributed by atoms with Crippen LogP contribution >= 0.6 is 0 Å². The molecule has 2 aromatic carbocycles. The molecule has 0 bridgehead atoms. The number of hydrazine groups is 1. The van der Waals surface area contributed by atoms with E-state index in [4.69, 9.17) is 14.3 Å². The lowest BCUT2D eigenvalue weighted by atomic mass is 10.2. The highest BCUT2D eigenvalue weighted by atomic mass is 16.5. The number of furan rings is 1. The molecule has 25 heavy (non-hydrogen) atoms. The van der Waals surface area contributed by atoms with Gasteiger partial charge < -0.3 is 19.7 Å². The Hall–Kier alpha value is -3.25. The zero-order chi connectivity index (χ0) is 17.5. The smallest absolute Gasteiger partial charge is 0.371 e. The number of carbonyl (C=O) groups is 1. The summed E-state index contributed by atoms with van der Waals surface area (Å²) in [7, 11) is 0. The van der Waals surface area contributed by atoms with Crippen molar-refractivity contribution in [3.63, 3.8) is 0 Å². The van der Waals surface area contributed by atoms with E-state index in [1.54, 1.807) is 6.07 Å². The Balaban J connectivity index is 1.57. The van der Waals surface area contributed by atoms with Crippen LogP contribution in [0, 0.1) is 0 Å². The van der Waals surface area contributed by atoms with Crippen LogP contribution in [-0.2, 0) is 13.2 Å². The van der Waals surface area contributed by atoms with Gasteiger partial charge in [0.15, 0.2) is 0 Å². The number of hydrogen-bond donors (Lipinski definition) is 3. The molecule has 6 heteroatoms. The summed E-state index contributed by atoms with van der Waals surface area (Å²) in [5, 5.41) is 8.87. The Morgan fingerprint density at radius 2 is 1.76 bits per heavy atom. The van der Waals surface area contributed by atoms with Gasteiger partial charge in [0, 0.05) is 17.8 Å². The topological polar surface area (TPSA) is 83.7 Å². The van der Waals surface area contributed by atoms with Crippen LogP contribution in [0.5, 0.6) is 5.75 Å². The molecule has 6 nitrogen and oxygen atoms in total. The fraction of sp³-hybridized carbons (Fsp3) is 0.105. The highest BCUT2D eigenvalue weighted by molar-refractivity contribution is 5.84. The molecule has 0 amide bonds. The molecule has 0 saturated carbocycles. The third kappa shape index (κ3) is 4.62. The van der Waals surface area contributed by atoms with Crippen molar-refractivity contribution >= 4 is 11.7 Å². The number of ether oxygens (including phenoxy) is 1. The molecule has 0 aliphatic rings. The van der Waals surface area contributed by atoms with Gasteiger partial charge in [-0.05, 0) is 30.3 Å². The number of hydrogen-bond acceptors (Lipinski definition) is 5. The molecule has 0 spiro atoms. The minimum atomic E-state index is -1.09. The van der Waals surface area contributed by atoms with Crippen LogP contribution in [0.1, 0.15) is 21.9 Å². The van der Waals surface area contributed by atoms with Gasteiger partial charge in [-0.1, -0.05) is 36.4 Å². The molecule has 0 aliphatic carbocycles. The van der Waals surface area contributed by atoms with Gasteiger partial charge in [-0.2, -0.15) is 0 Å². The van der Waals surface area contributed by atoms with Crippen LogP contribution in [0.4, 0.5) is 5.69 Å². The number of nitrogens with one attached hydrogen (secondary N) is 2. The zero-order valence-corrected chi connectivity index (χ0v) is 13.4. The molecular formula is C19H18N2O4. The van der Waals surface area contributed by atoms with Gasteiger partial charge in [-0.15, -0.1) is 0 Å². The van der Waals surface area contributed by atoms with E-state index in [-0.39, 0.29) is 12.4 Å². The molecule has 1 aromatic heterocycles. The van der Waals surface area contributed by atoms with E-state index >= 15 is 0 Å². The molecule has 0 saturated heterocycles. The number of carboxylic acid groups (broad SMARTS) is 1. The summed E-state index contributed by atoms with van der Waals surface area (Å²) < 4.78 is 11.0. The lowest BCUT2D eigenvalue weighted by molar-refractivity contribution is 0.0658. The molecule has 0 radical (unpaired) electrons. The van der Waals surface area contributed by atoms with Crippen molar-refractivity contribution in [2.45, 2.75) is 13.2 Å². The normalized spacial score (nSPS) is 10.4. The van der Waals surface area contributed by atoms with Crippen LogP contribution in [-0.4, -0.2) is 11.1 Å². The number of benzene rings is 2. The van der Waals surface area contributed by atoms with E-state index in [1.807, 2.05) is 54.6 Å². The van der Waals surface area contributed by atoms with Crippen molar-refractivity contribution in [1.82, 2.24) is 5.43 Å². The van der Waals surface area contributed by atoms with Crippen LogP contribution in [0.25, 0.3) is 0 Å². The Kier molecular flexibility index (Phi) is 5.33. The fourth-order valence-corrected chi connectivity index (χ4v) is 2.27. The number of carboxylic acids is 1. The minimum absolute atomic E-state index is 0.0967. The summed E-state index contributed by atoms with van der Waals surface area (Å²) >= 11 is 0. The lowest BCUT2D eigenvalue weighted by Gasteiger charge is -2.12. The van der Waals surface area contributed by atoms with Crippen molar-refractivity contribution in [2.24, 2.45) is 0 Å². The molecule has 128 valence electrons. The van der Waals surface area contributed by atoms with E-state index in [9.17, 15) is 4.79 Å². The molecular weight excluding hydrogens is 320 g/mol. The molecule has 0 unspecified atom stereocenters. The van der Waals surface area contributed by atoms with E-state index in [0.29, 0.717) is 18.1 Å². The second-order valence-electron chi connectivity index (χ2n) is 5.31. The summed E-state index contributed by atoms with van der Waals surface area (Å²) in [4.78, 5) is 10.8. The average Bonchev–Trinajstić information content (AvgIpc) is 3.11. The molecule has 3 rings (SSSR count). The fourth-order valence-electron chi connectivity index (χ4n) is 2.27. The van der Waals surface area contributed by atoms with E-state index in [2.05, 4.69) is 10.9 Å². The van der Waals surface area contributed by atoms with E-state index < -0.39 is 5.97 Å². The molecule has 0 atom stereocenters. The molecule has 0 fully saturated rings. The number of anilines is 1. The Bertz CT molecular complexity index is 830. The van der Waals surface area contributed by atoms with Gasteiger partial charge in [-0.25, -0.2) is 10.2 Å². The predicted octanol–water partition coefficient (Wildman–Crippen LogP) is 3.67. The zero-order valence-electron chi connectivity index (χ0n) is 13.4. The largest absolute Gasteiger partial charge is 0.485 e. The molecule has 3 N–H and O–H groups in total. The van der Waals surface area contributed by atoms with E-state index in [1.165, 1.54) is 6.07 Å². The Labute approximate surface area is 145 Å². The maximum atomic E-state index is 10.8. The summed E-state index contributed by atoms with van der Waals surface area (Å²) in [6.45, 7) is 0.722. The van der Waals surface area contributed by atoms with Crippen molar-refractivity contribution in [3.8, 4) is 5.75 Å². The molecule has 1 heterocycles. The summed E-state index contributed by atoms with van der Waals surface area (Å²) in [6.07, 6.45) is 0. The molecule has 3 aromatic rings. The van der Waals surface area contributed by atoms with Gasteiger partial charge in [0.2, 0.25) is 5.76 Å².